The van der Waals surface area contributed by atoms with E-state index in [4.69, 9.17) is 0 Å². The predicted molar refractivity (Wildman–Crippen MR) is 131 cm³/mol. The van der Waals surface area contributed by atoms with E-state index in [9.17, 15) is 0 Å². The van der Waals surface area contributed by atoms with Crippen LogP contribution < -0.4 is 0 Å². The largest absolute Gasteiger partial charge is 0.0616 e. The Kier molecular flexibility index (Phi) is 4.11. The van der Waals surface area contributed by atoms with Gasteiger partial charge in [0.05, 0.1) is 0 Å². The highest BCUT2D eigenvalue weighted by Gasteiger charge is 2.23. The Bertz CT molecular complexity index is 1410. The highest BCUT2D eigenvalue weighted by Crippen LogP contribution is 2.45. The molecule has 0 amide bonds. The van der Waals surface area contributed by atoms with Gasteiger partial charge >= 0.3 is 0 Å². The third-order valence-corrected chi connectivity index (χ3v) is 6.71. The van der Waals surface area contributed by atoms with Crippen LogP contribution in [-0.2, 0) is 6.42 Å². The fourth-order valence-electron chi connectivity index (χ4n) is 4.76. The molecule has 5 aromatic rings. The first-order valence-corrected chi connectivity index (χ1v) is 11.1. The monoisotopic (exact) mass is 446 g/mol. The zero-order chi connectivity index (χ0) is 20.1. The van der Waals surface area contributed by atoms with Gasteiger partial charge in [-0.3, -0.25) is 0 Å². The first-order valence-electron chi connectivity index (χ1n) is 10.3. The van der Waals surface area contributed by atoms with Crippen molar-refractivity contribution in [1.29, 1.82) is 0 Å². The molecule has 0 N–H and O–H groups in total. The number of fused-ring (bicyclic) bond motifs is 5. The van der Waals surface area contributed by atoms with E-state index in [2.05, 4.69) is 119 Å². The summed E-state index contributed by atoms with van der Waals surface area (Å²) in [5.41, 5.74) is 10.8. The van der Waals surface area contributed by atoms with E-state index >= 15 is 0 Å². The van der Waals surface area contributed by atoms with E-state index in [1.54, 1.807) is 0 Å². The fourth-order valence-corrected chi connectivity index (χ4v) is 5.03. The van der Waals surface area contributed by atoms with Crippen LogP contribution in [0.2, 0.25) is 0 Å². The molecule has 1 heteroatoms. The average molecular weight is 447 g/mol. The van der Waals surface area contributed by atoms with Crippen molar-refractivity contribution in [2.45, 2.75) is 6.42 Å². The SMILES string of the molecule is Brc1ccc(-c2cccc(-c3cccc4c3Cc3ccc5ccccc5c3-4)c2)cc1. The maximum atomic E-state index is 3.53. The van der Waals surface area contributed by atoms with Crippen molar-refractivity contribution in [3.63, 3.8) is 0 Å². The third-order valence-electron chi connectivity index (χ3n) is 6.18. The molecule has 0 saturated heterocycles. The highest BCUT2D eigenvalue weighted by atomic mass is 79.9. The molecule has 30 heavy (non-hydrogen) atoms. The van der Waals surface area contributed by atoms with Gasteiger partial charge in [0, 0.05) is 4.47 Å². The van der Waals surface area contributed by atoms with Gasteiger partial charge in [-0.25, -0.2) is 0 Å². The van der Waals surface area contributed by atoms with Crippen LogP contribution in [0.15, 0.2) is 108 Å². The molecule has 0 fully saturated rings. The molecule has 0 radical (unpaired) electrons. The smallest absolute Gasteiger partial charge is 0.0175 e. The number of benzene rings is 5. The van der Waals surface area contributed by atoms with Crippen molar-refractivity contribution in [2.75, 3.05) is 0 Å². The van der Waals surface area contributed by atoms with Crippen LogP contribution in [0.4, 0.5) is 0 Å². The van der Waals surface area contributed by atoms with Crippen LogP contribution in [0.25, 0.3) is 44.2 Å². The molecule has 0 heterocycles. The molecule has 0 nitrogen and oxygen atoms in total. The maximum Gasteiger partial charge on any atom is 0.0175 e. The predicted octanol–water partition coefficient (Wildman–Crippen LogP) is 8.51. The minimum absolute atomic E-state index is 0.994. The lowest BCUT2D eigenvalue weighted by Gasteiger charge is -2.11. The van der Waals surface area contributed by atoms with Gasteiger partial charge in [-0.2, -0.15) is 0 Å². The van der Waals surface area contributed by atoms with Gasteiger partial charge in [-0.15, -0.1) is 0 Å². The van der Waals surface area contributed by atoms with E-state index in [-0.39, 0.29) is 0 Å². The summed E-state index contributed by atoms with van der Waals surface area (Å²) in [5, 5.41) is 2.67. The van der Waals surface area contributed by atoms with Gasteiger partial charge < -0.3 is 0 Å². The zero-order valence-corrected chi connectivity index (χ0v) is 18.0. The van der Waals surface area contributed by atoms with E-state index in [0.717, 1.165) is 10.9 Å². The molecule has 0 bridgehead atoms. The Morgan fingerprint density at radius 1 is 0.567 bits per heavy atom. The van der Waals surface area contributed by atoms with Crippen molar-refractivity contribution < 1.29 is 0 Å². The molecule has 0 saturated carbocycles. The van der Waals surface area contributed by atoms with Gasteiger partial charge in [0.15, 0.2) is 0 Å². The second kappa shape index (κ2) is 6.97. The Morgan fingerprint density at radius 2 is 1.33 bits per heavy atom. The van der Waals surface area contributed by atoms with Gasteiger partial charge in [-0.1, -0.05) is 101 Å². The molecular formula is C29H19Br. The first-order chi connectivity index (χ1) is 14.8. The van der Waals surface area contributed by atoms with Gasteiger partial charge in [0.1, 0.15) is 0 Å². The summed E-state index contributed by atoms with van der Waals surface area (Å²) >= 11 is 3.53. The van der Waals surface area contributed by atoms with Crippen molar-refractivity contribution >= 4 is 26.7 Å². The molecule has 1 aliphatic carbocycles. The summed E-state index contributed by atoms with van der Waals surface area (Å²) in [7, 11) is 0. The minimum Gasteiger partial charge on any atom is -0.0616 e. The van der Waals surface area contributed by atoms with Crippen LogP contribution in [0.3, 0.4) is 0 Å². The second-order valence-corrected chi connectivity index (χ2v) is 8.83. The zero-order valence-electron chi connectivity index (χ0n) is 16.4. The Hall–Kier alpha value is -3.16. The molecule has 5 aromatic carbocycles. The highest BCUT2D eigenvalue weighted by molar-refractivity contribution is 9.10. The van der Waals surface area contributed by atoms with E-state index < -0.39 is 0 Å². The topological polar surface area (TPSA) is 0 Å². The summed E-state index contributed by atoms with van der Waals surface area (Å²) in [4.78, 5) is 0. The fraction of sp³-hybridized carbons (Fsp3) is 0.0345. The van der Waals surface area contributed by atoms with Gasteiger partial charge in [0.2, 0.25) is 0 Å². The summed E-state index contributed by atoms with van der Waals surface area (Å²) in [6.07, 6.45) is 0.994. The Morgan fingerprint density at radius 3 is 2.23 bits per heavy atom. The van der Waals surface area contributed by atoms with Crippen LogP contribution in [0.5, 0.6) is 0 Å². The molecule has 0 spiro atoms. The quantitative estimate of drug-likeness (QED) is 0.250. The maximum absolute atomic E-state index is 3.53. The number of hydrogen-bond acceptors (Lipinski definition) is 0. The number of rotatable bonds is 2. The molecule has 0 aromatic heterocycles. The van der Waals surface area contributed by atoms with Crippen molar-refractivity contribution in [3.05, 3.63) is 119 Å². The lowest BCUT2D eigenvalue weighted by molar-refractivity contribution is 1.27. The van der Waals surface area contributed by atoms with Crippen LogP contribution in [0, 0.1) is 0 Å². The summed E-state index contributed by atoms with van der Waals surface area (Å²) in [6, 6.07) is 37.5. The molecule has 142 valence electrons. The van der Waals surface area contributed by atoms with E-state index in [1.165, 1.54) is 55.3 Å². The standard InChI is InChI=1S/C29H19Br/c30-24-15-13-19(14-16-24)21-6-3-7-22(17-21)25-9-4-10-27-28(25)18-23-12-11-20-5-1-2-8-26(20)29(23)27/h1-17H,18H2. The Labute approximate surface area is 185 Å². The summed E-state index contributed by atoms with van der Waals surface area (Å²) in [5.74, 6) is 0. The van der Waals surface area contributed by atoms with Crippen molar-refractivity contribution in [3.8, 4) is 33.4 Å². The first kappa shape index (κ1) is 17.7. The molecule has 0 atom stereocenters. The summed E-state index contributed by atoms with van der Waals surface area (Å²) < 4.78 is 1.10. The van der Waals surface area contributed by atoms with Crippen molar-refractivity contribution in [2.24, 2.45) is 0 Å². The molecule has 6 rings (SSSR count). The number of hydrogen-bond donors (Lipinski definition) is 0. The minimum atomic E-state index is 0.994. The average Bonchev–Trinajstić information content (AvgIpc) is 3.19. The second-order valence-electron chi connectivity index (χ2n) is 7.92. The van der Waals surface area contributed by atoms with E-state index in [0.29, 0.717) is 0 Å². The van der Waals surface area contributed by atoms with Crippen LogP contribution in [0.1, 0.15) is 11.1 Å². The lowest BCUT2D eigenvalue weighted by atomic mass is 9.93. The third kappa shape index (κ3) is 2.81. The van der Waals surface area contributed by atoms with Gasteiger partial charge in [0.25, 0.3) is 0 Å². The van der Waals surface area contributed by atoms with Crippen molar-refractivity contribution in [1.82, 2.24) is 0 Å². The summed E-state index contributed by atoms with van der Waals surface area (Å²) in [6.45, 7) is 0. The molecule has 0 unspecified atom stereocenters. The number of halogens is 1. The molecule has 0 aliphatic heterocycles. The molecule has 1 aliphatic rings. The van der Waals surface area contributed by atoms with Crippen LogP contribution >= 0.6 is 15.9 Å². The van der Waals surface area contributed by atoms with Crippen LogP contribution in [-0.4, -0.2) is 0 Å². The van der Waals surface area contributed by atoms with E-state index in [1.807, 2.05) is 0 Å². The van der Waals surface area contributed by atoms with Gasteiger partial charge in [-0.05, 0) is 79.9 Å². The molecular weight excluding hydrogens is 428 g/mol. The Balaban J connectivity index is 1.51. The normalized spacial score (nSPS) is 12.0. The lowest BCUT2D eigenvalue weighted by Crippen LogP contribution is -1.88.